The van der Waals surface area contributed by atoms with Crippen LogP contribution in [-0.4, -0.2) is 37.5 Å². The quantitative estimate of drug-likeness (QED) is 0.869. The van der Waals surface area contributed by atoms with Gasteiger partial charge in [0.05, 0.1) is 0 Å². The number of nitrogens with one attached hydrogen (secondary N) is 2. The molecule has 3 amide bonds. The maximum Gasteiger partial charge on any atom is 0.321 e. The average Bonchev–Trinajstić information content (AvgIpc) is 2.91. The van der Waals surface area contributed by atoms with Gasteiger partial charge in [-0.2, -0.15) is 0 Å². The second-order valence-corrected chi connectivity index (χ2v) is 5.46. The highest BCUT2D eigenvalue weighted by atomic mass is 16.2. The van der Waals surface area contributed by atoms with Gasteiger partial charge in [-0.25, -0.2) is 4.79 Å². The highest BCUT2D eigenvalue weighted by Crippen LogP contribution is 2.34. The molecule has 1 aliphatic carbocycles. The lowest BCUT2D eigenvalue weighted by atomic mass is 10.1. The van der Waals surface area contributed by atoms with Gasteiger partial charge in [0.15, 0.2) is 0 Å². The Morgan fingerprint density at radius 3 is 2.86 bits per heavy atom. The van der Waals surface area contributed by atoms with Gasteiger partial charge in [0, 0.05) is 19.5 Å². The number of nitrogens with zero attached hydrogens (tertiary/aromatic N) is 1. The fourth-order valence-electron chi connectivity index (χ4n) is 2.89. The van der Waals surface area contributed by atoms with Crippen LogP contribution in [0.4, 0.5) is 4.79 Å². The van der Waals surface area contributed by atoms with Crippen molar-refractivity contribution in [2.45, 2.75) is 31.7 Å². The summed E-state index contributed by atoms with van der Waals surface area (Å²) in [6, 6.07) is 8.56. The molecule has 5 nitrogen and oxygen atoms in total. The molecule has 1 aromatic carbocycles. The van der Waals surface area contributed by atoms with Gasteiger partial charge in [-0.05, 0) is 44.0 Å². The molecular formula is C16H23N3O2. The third-order valence-electron chi connectivity index (χ3n) is 4.03. The Kier molecular flexibility index (Phi) is 5.33. The van der Waals surface area contributed by atoms with E-state index >= 15 is 0 Å². The van der Waals surface area contributed by atoms with Gasteiger partial charge in [-0.3, -0.25) is 15.0 Å². The SMILES string of the molecule is CNC(=O)NC(=O)CCCN(C)[C@H]1CCc2ccccc21. The van der Waals surface area contributed by atoms with Gasteiger partial charge in [-0.15, -0.1) is 0 Å². The lowest BCUT2D eigenvalue weighted by Crippen LogP contribution is -2.37. The van der Waals surface area contributed by atoms with E-state index < -0.39 is 6.03 Å². The van der Waals surface area contributed by atoms with Crippen LogP contribution in [0.25, 0.3) is 0 Å². The summed E-state index contributed by atoms with van der Waals surface area (Å²) in [6.45, 7) is 0.847. The zero-order valence-electron chi connectivity index (χ0n) is 12.7. The smallest absolute Gasteiger partial charge is 0.321 e. The van der Waals surface area contributed by atoms with E-state index in [-0.39, 0.29) is 5.91 Å². The number of rotatable bonds is 5. The number of aryl methyl sites for hydroxylation is 1. The van der Waals surface area contributed by atoms with Crippen molar-refractivity contribution in [3.63, 3.8) is 0 Å². The van der Waals surface area contributed by atoms with Gasteiger partial charge in [-0.1, -0.05) is 24.3 Å². The number of amides is 3. The zero-order chi connectivity index (χ0) is 15.2. The van der Waals surface area contributed by atoms with Crippen molar-refractivity contribution in [3.05, 3.63) is 35.4 Å². The molecule has 0 fully saturated rings. The van der Waals surface area contributed by atoms with Crippen molar-refractivity contribution >= 4 is 11.9 Å². The fourth-order valence-corrected chi connectivity index (χ4v) is 2.89. The molecule has 1 aromatic rings. The van der Waals surface area contributed by atoms with Crippen molar-refractivity contribution in [1.29, 1.82) is 0 Å². The van der Waals surface area contributed by atoms with E-state index in [4.69, 9.17) is 0 Å². The third kappa shape index (κ3) is 4.04. The molecule has 2 rings (SSSR count). The number of carbonyl (C=O) groups excluding carboxylic acids is 2. The molecule has 5 heteroatoms. The molecule has 114 valence electrons. The molecule has 21 heavy (non-hydrogen) atoms. The molecule has 0 spiro atoms. The topological polar surface area (TPSA) is 61.4 Å². The highest BCUT2D eigenvalue weighted by molar-refractivity contribution is 5.94. The molecule has 0 saturated carbocycles. The van der Waals surface area contributed by atoms with E-state index in [0.29, 0.717) is 12.5 Å². The van der Waals surface area contributed by atoms with Crippen LogP contribution in [0.15, 0.2) is 24.3 Å². The average molecular weight is 289 g/mol. The minimum Gasteiger partial charge on any atom is -0.341 e. The molecule has 2 N–H and O–H groups in total. The van der Waals surface area contributed by atoms with Crippen LogP contribution in [0, 0.1) is 0 Å². The predicted molar refractivity (Wildman–Crippen MR) is 82.0 cm³/mol. The van der Waals surface area contributed by atoms with Crippen LogP contribution in [0.1, 0.15) is 36.4 Å². The molecule has 0 radical (unpaired) electrons. The predicted octanol–water partition coefficient (Wildman–Crippen LogP) is 1.84. The number of hydrogen-bond donors (Lipinski definition) is 2. The Balaban J connectivity index is 1.77. The van der Waals surface area contributed by atoms with Crippen molar-refractivity contribution < 1.29 is 9.59 Å². The minimum absolute atomic E-state index is 0.227. The largest absolute Gasteiger partial charge is 0.341 e. The molecule has 0 saturated heterocycles. The van der Waals surface area contributed by atoms with Crippen LogP contribution in [0.5, 0.6) is 0 Å². The van der Waals surface area contributed by atoms with Crippen LogP contribution in [-0.2, 0) is 11.2 Å². The van der Waals surface area contributed by atoms with Crippen molar-refractivity contribution in [1.82, 2.24) is 15.5 Å². The van der Waals surface area contributed by atoms with Gasteiger partial charge >= 0.3 is 6.03 Å². The minimum atomic E-state index is -0.446. The van der Waals surface area contributed by atoms with Crippen LogP contribution < -0.4 is 10.6 Å². The Bertz CT molecular complexity index is 516. The third-order valence-corrected chi connectivity index (χ3v) is 4.03. The molecule has 1 atom stereocenters. The number of benzene rings is 1. The lowest BCUT2D eigenvalue weighted by molar-refractivity contribution is -0.120. The fraction of sp³-hybridized carbons (Fsp3) is 0.500. The molecule has 0 heterocycles. The van der Waals surface area contributed by atoms with Crippen molar-refractivity contribution in [2.75, 3.05) is 20.6 Å². The molecule has 0 bridgehead atoms. The Hall–Kier alpha value is -1.88. The Labute approximate surface area is 125 Å². The van der Waals surface area contributed by atoms with Crippen LogP contribution in [0.2, 0.25) is 0 Å². The standard InChI is InChI=1S/C16H23N3O2/c1-17-16(21)18-15(20)8-5-11-19(2)14-10-9-12-6-3-4-7-13(12)14/h3-4,6-7,14H,5,8-11H2,1-2H3,(H2,17,18,20,21)/t14-/m0/s1. The normalized spacial score (nSPS) is 16.6. The summed E-state index contributed by atoms with van der Waals surface area (Å²) in [5.74, 6) is -0.227. The Morgan fingerprint density at radius 1 is 1.33 bits per heavy atom. The number of fused-ring (bicyclic) bond motifs is 1. The van der Waals surface area contributed by atoms with Gasteiger partial charge < -0.3 is 5.32 Å². The van der Waals surface area contributed by atoms with Crippen LogP contribution >= 0.6 is 0 Å². The molecule has 0 aliphatic heterocycles. The summed E-state index contributed by atoms with van der Waals surface area (Å²) in [4.78, 5) is 24.8. The second-order valence-electron chi connectivity index (χ2n) is 5.46. The summed E-state index contributed by atoms with van der Waals surface area (Å²) >= 11 is 0. The summed E-state index contributed by atoms with van der Waals surface area (Å²) in [5, 5.41) is 4.65. The van der Waals surface area contributed by atoms with Crippen molar-refractivity contribution in [2.24, 2.45) is 0 Å². The second kappa shape index (κ2) is 7.22. The number of imide groups is 1. The highest BCUT2D eigenvalue weighted by Gasteiger charge is 2.25. The van der Waals surface area contributed by atoms with Gasteiger partial charge in [0.2, 0.25) is 5.91 Å². The first-order chi connectivity index (χ1) is 10.1. The summed E-state index contributed by atoms with van der Waals surface area (Å²) in [6.07, 6.45) is 3.38. The maximum atomic E-state index is 11.5. The maximum absolute atomic E-state index is 11.5. The van der Waals surface area contributed by atoms with E-state index in [1.54, 1.807) is 0 Å². The van der Waals surface area contributed by atoms with Crippen molar-refractivity contribution in [3.8, 4) is 0 Å². The first-order valence-electron chi connectivity index (χ1n) is 7.41. The molecule has 0 unspecified atom stereocenters. The van der Waals surface area contributed by atoms with E-state index in [2.05, 4.69) is 46.8 Å². The lowest BCUT2D eigenvalue weighted by Gasteiger charge is -2.25. The summed E-state index contributed by atoms with van der Waals surface area (Å²) in [7, 11) is 3.59. The monoisotopic (exact) mass is 289 g/mol. The zero-order valence-corrected chi connectivity index (χ0v) is 12.7. The first kappa shape index (κ1) is 15.5. The van der Waals surface area contributed by atoms with Crippen LogP contribution in [0.3, 0.4) is 0 Å². The molecular weight excluding hydrogens is 266 g/mol. The molecule has 0 aromatic heterocycles. The summed E-state index contributed by atoms with van der Waals surface area (Å²) in [5.41, 5.74) is 2.85. The Morgan fingerprint density at radius 2 is 2.10 bits per heavy atom. The summed E-state index contributed by atoms with van der Waals surface area (Å²) < 4.78 is 0. The van der Waals surface area contributed by atoms with E-state index in [0.717, 1.165) is 25.8 Å². The number of carbonyl (C=O) groups is 2. The molecule has 1 aliphatic rings. The van der Waals surface area contributed by atoms with Gasteiger partial charge in [0.1, 0.15) is 0 Å². The number of hydrogen-bond acceptors (Lipinski definition) is 3. The van der Waals surface area contributed by atoms with E-state index in [9.17, 15) is 9.59 Å². The van der Waals surface area contributed by atoms with E-state index in [1.807, 2.05) is 0 Å². The first-order valence-corrected chi connectivity index (χ1v) is 7.41. The van der Waals surface area contributed by atoms with E-state index in [1.165, 1.54) is 18.2 Å². The number of urea groups is 1. The van der Waals surface area contributed by atoms with Gasteiger partial charge in [0.25, 0.3) is 0 Å².